The summed E-state index contributed by atoms with van der Waals surface area (Å²) in [5, 5.41) is 8.33. The van der Waals surface area contributed by atoms with Gasteiger partial charge in [-0.2, -0.15) is 0 Å². The summed E-state index contributed by atoms with van der Waals surface area (Å²) in [4.78, 5) is 0. The fourth-order valence-corrected chi connectivity index (χ4v) is 5.74. The first-order chi connectivity index (χ1) is 14.3. The Morgan fingerprint density at radius 3 is 2.03 bits per heavy atom. The molecule has 4 rings (SSSR count). The van der Waals surface area contributed by atoms with E-state index in [0.29, 0.717) is 12.0 Å². The number of rotatable bonds is 3. The van der Waals surface area contributed by atoms with Gasteiger partial charge in [-0.1, -0.05) is 80.4 Å². The van der Waals surface area contributed by atoms with E-state index in [0.717, 1.165) is 33.5 Å². The van der Waals surface area contributed by atoms with Crippen LogP contribution in [0, 0.1) is 0 Å². The number of aromatic nitrogens is 2. The monoisotopic (exact) mass is 510 g/mol. The fourth-order valence-electron chi connectivity index (χ4n) is 5.02. The summed E-state index contributed by atoms with van der Waals surface area (Å²) < 4.78 is 12.4. The molecule has 5 heteroatoms. The Morgan fingerprint density at radius 1 is 0.759 bits per heavy atom. The molecule has 0 amide bonds. The minimum Gasteiger partial charge on any atom is -0.488 e. The van der Waals surface area contributed by atoms with Gasteiger partial charge in [-0.25, -0.2) is 4.63 Å². The molecule has 1 aromatic heterocycles. The third-order valence-electron chi connectivity index (χ3n) is 6.82. The minimum absolute atomic E-state index is 0.299. The van der Waals surface area contributed by atoms with Crippen LogP contribution in [0.4, 0.5) is 0 Å². The van der Waals surface area contributed by atoms with Crippen LogP contribution < -0.4 is 4.74 Å². The van der Waals surface area contributed by atoms with Crippen molar-refractivity contribution in [3.63, 3.8) is 0 Å². The van der Waals surface area contributed by atoms with Crippen LogP contribution in [-0.4, -0.2) is 20.3 Å². The van der Waals surface area contributed by atoms with Gasteiger partial charge < -0.3 is 4.74 Å². The van der Waals surface area contributed by atoms with E-state index in [9.17, 15) is 0 Å². The average molecular weight is 510 g/mol. The van der Waals surface area contributed by atoms with Crippen LogP contribution in [0.5, 0.6) is 5.75 Å². The first kappa shape index (κ1) is 21.4. The highest BCUT2D eigenvalue weighted by Crippen LogP contribution is 2.36. The summed E-state index contributed by atoms with van der Waals surface area (Å²) in [6.45, 7) is 0. The van der Waals surface area contributed by atoms with E-state index in [1.54, 1.807) is 0 Å². The number of nitrogens with zero attached hydrogens (tertiary/aromatic N) is 2. The number of fused-ring (bicyclic) bond motifs is 1. The zero-order valence-corrected chi connectivity index (χ0v) is 19.7. The van der Waals surface area contributed by atoms with Crippen molar-refractivity contribution in [1.82, 2.24) is 10.3 Å². The number of ether oxygens (including phenoxy) is 1. The lowest BCUT2D eigenvalue weighted by Crippen LogP contribution is -2.24. The Hall–Kier alpha value is -0.850. The molecule has 0 unspecified atom stereocenters. The SMILES string of the molecule is I[C@H]1CC[C@@H](Oc2cc(C3CCCCCCCCCCC3)cc3nonc23)CC1. The maximum absolute atomic E-state index is 6.48. The van der Waals surface area contributed by atoms with Crippen molar-refractivity contribution in [2.75, 3.05) is 0 Å². The maximum Gasteiger partial charge on any atom is 0.177 e. The van der Waals surface area contributed by atoms with Crippen molar-refractivity contribution in [1.29, 1.82) is 0 Å². The lowest BCUT2D eigenvalue weighted by molar-refractivity contribution is 0.160. The van der Waals surface area contributed by atoms with E-state index in [1.807, 2.05) is 0 Å². The summed E-state index contributed by atoms with van der Waals surface area (Å²) in [6.07, 6.45) is 20.0. The van der Waals surface area contributed by atoms with E-state index >= 15 is 0 Å². The normalized spacial score (nSPS) is 26.0. The second kappa shape index (κ2) is 11.0. The molecule has 2 fully saturated rings. The molecule has 160 valence electrons. The van der Waals surface area contributed by atoms with Gasteiger partial charge in [-0.15, -0.1) is 0 Å². The van der Waals surface area contributed by atoms with E-state index in [-0.39, 0.29) is 0 Å². The summed E-state index contributed by atoms with van der Waals surface area (Å²) in [5.74, 6) is 1.49. The number of hydrogen-bond acceptors (Lipinski definition) is 4. The third-order valence-corrected chi connectivity index (χ3v) is 8.07. The predicted octanol–water partition coefficient (Wildman–Crippen LogP) is 7.74. The van der Waals surface area contributed by atoms with Gasteiger partial charge >= 0.3 is 0 Å². The van der Waals surface area contributed by atoms with Crippen LogP contribution in [0.2, 0.25) is 0 Å². The molecule has 0 saturated heterocycles. The third kappa shape index (κ3) is 6.08. The van der Waals surface area contributed by atoms with E-state index in [1.165, 1.54) is 89.0 Å². The largest absolute Gasteiger partial charge is 0.488 e. The fraction of sp³-hybridized carbons (Fsp3) is 0.750. The van der Waals surface area contributed by atoms with Crippen LogP contribution in [0.1, 0.15) is 108 Å². The smallest absolute Gasteiger partial charge is 0.177 e. The second-order valence-corrected chi connectivity index (χ2v) is 10.9. The molecule has 0 bridgehead atoms. The van der Waals surface area contributed by atoms with Crippen LogP contribution in [0.3, 0.4) is 0 Å². The number of benzene rings is 1. The van der Waals surface area contributed by atoms with Crippen LogP contribution in [-0.2, 0) is 0 Å². The second-order valence-electron chi connectivity index (χ2n) is 9.10. The Morgan fingerprint density at radius 2 is 1.38 bits per heavy atom. The molecule has 1 aromatic carbocycles. The van der Waals surface area contributed by atoms with Crippen molar-refractivity contribution in [2.45, 2.75) is 112 Å². The first-order valence-corrected chi connectivity index (χ1v) is 13.1. The number of hydrogen-bond donors (Lipinski definition) is 0. The van der Waals surface area contributed by atoms with Crippen molar-refractivity contribution in [3.05, 3.63) is 17.7 Å². The van der Waals surface area contributed by atoms with Crippen molar-refractivity contribution in [2.24, 2.45) is 0 Å². The quantitative estimate of drug-likeness (QED) is 0.313. The number of alkyl halides is 1. The Balaban J connectivity index is 1.51. The molecule has 0 radical (unpaired) electrons. The van der Waals surface area contributed by atoms with Gasteiger partial charge in [0.15, 0.2) is 11.3 Å². The summed E-state index contributed by atoms with van der Waals surface area (Å²) in [6, 6.07) is 4.47. The highest BCUT2D eigenvalue weighted by atomic mass is 127. The Labute approximate surface area is 188 Å². The molecule has 0 atom stereocenters. The van der Waals surface area contributed by atoms with Crippen molar-refractivity contribution < 1.29 is 9.37 Å². The van der Waals surface area contributed by atoms with Crippen molar-refractivity contribution >= 4 is 33.6 Å². The van der Waals surface area contributed by atoms with Gasteiger partial charge in [0.25, 0.3) is 0 Å². The molecule has 0 aliphatic heterocycles. The Kier molecular flexibility index (Phi) is 8.08. The van der Waals surface area contributed by atoms with Gasteiger partial charge in [-0.3, -0.25) is 0 Å². The summed E-state index contributed by atoms with van der Waals surface area (Å²) in [7, 11) is 0. The number of halogens is 1. The van der Waals surface area contributed by atoms with Crippen LogP contribution in [0.25, 0.3) is 11.0 Å². The molecule has 4 nitrogen and oxygen atoms in total. The molecular weight excluding hydrogens is 475 g/mol. The van der Waals surface area contributed by atoms with Gasteiger partial charge in [0, 0.05) is 3.92 Å². The molecule has 0 N–H and O–H groups in total. The highest BCUT2D eigenvalue weighted by Gasteiger charge is 2.23. The van der Waals surface area contributed by atoms with Crippen LogP contribution >= 0.6 is 22.6 Å². The minimum atomic E-state index is 0.299. The lowest BCUT2D eigenvalue weighted by atomic mass is 9.87. The summed E-state index contributed by atoms with van der Waals surface area (Å²) in [5.41, 5.74) is 3.02. The zero-order valence-electron chi connectivity index (χ0n) is 17.6. The Bertz CT molecular complexity index is 742. The molecule has 2 saturated carbocycles. The molecule has 2 aliphatic carbocycles. The molecule has 2 aromatic rings. The predicted molar refractivity (Wildman–Crippen MR) is 126 cm³/mol. The van der Waals surface area contributed by atoms with Gasteiger partial charge in [0.2, 0.25) is 0 Å². The van der Waals surface area contributed by atoms with Gasteiger partial charge in [0.1, 0.15) is 5.52 Å². The topological polar surface area (TPSA) is 48.2 Å². The summed E-state index contributed by atoms with van der Waals surface area (Å²) >= 11 is 2.57. The molecule has 2 aliphatic rings. The standard InChI is InChI=1S/C24H35IN2O2/c25-20-12-14-21(15-13-20)28-23-17-19(16-22-24(23)27-29-26-22)18-10-8-6-4-2-1-3-5-7-9-11-18/h16-18,20-21H,1-15H2/t20-,21+. The van der Waals surface area contributed by atoms with Gasteiger partial charge in [-0.05, 0) is 72.5 Å². The first-order valence-electron chi connectivity index (χ1n) is 11.9. The van der Waals surface area contributed by atoms with E-state index in [4.69, 9.17) is 9.37 Å². The average Bonchev–Trinajstić information content (AvgIpc) is 3.19. The van der Waals surface area contributed by atoms with Crippen LogP contribution in [0.15, 0.2) is 16.8 Å². The van der Waals surface area contributed by atoms with Gasteiger partial charge in [0.05, 0.1) is 6.10 Å². The van der Waals surface area contributed by atoms with Crippen molar-refractivity contribution in [3.8, 4) is 5.75 Å². The van der Waals surface area contributed by atoms with E-state index < -0.39 is 0 Å². The maximum atomic E-state index is 6.48. The highest BCUT2D eigenvalue weighted by molar-refractivity contribution is 14.1. The molecule has 29 heavy (non-hydrogen) atoms. The molecular formula is C24H35IN2O2. The lowest BCUT2D eigenvalue weighted by Gasteiger charge is -2.26. The molecule has 1 heterocycles. The molecule has 0 spiro atoms. The van der Waals surface area contributed by atoms with E-state index in [2.05, 4.69) is 45.0 Å². The zero-order chi connectivity index (χ0) is 19.9.